The van der Waals surface area contributed by atoms with E-state index >= 15 is 0 Å². The smallest absolute Gasteiger partial charge is 0.0591 e. The van der Waals surface area contributed by atoms with Gasteiger partial charge in [-0.05, 0) is 0 Å². The van der Waals surface area contributed by atoms with Crippen molar-refractivity contribution in [3.05, 3.63) is 0 Å². The van der Waals surface area contributed by atoms with Crippen molar-refractivity contribution < 1.29 is 4.74 Å². The summed E-state index contributed by atoms with van der Waals surface area (Å²) in [6.07, 6.45) is 0. The second-order valence-electron chi connectivity index (χ2n) is 1.36. The van der Waals surface area contributed by atoms with E-state index in [9.17, 15) is 0 Å². The summed E-state index contributed by atoms with van der Waals surface area (Å²) in [6, 6.07) is 0. The van der Waals surface area contributed by atoms with E-state index in [1.165, 1.54) is 0 Å². The van der Waals surface area contributed by atoms with Crippen LogP contribution in [0.1, 0.15) is 7.43 Å². The molecule has 0 radical (unpaired) electrons. The number of rotatable bonds is 0. The van der Waals surface area contributed by atoms with Crippen LogP contribution in [0, 0.1) is 0 Å². The van der Waals surface area contributed by atoms with Crippen LogP contribution in [0.25, 0.3) is 0 Å². The lowest BCUT2D eigenvalue weighted by atomic mass is 10.5. The van der Waals surface area contributed by atoms with Crippen LogP contribution in [0.4, 0.5) is 0 Å². The van der Waals surface area contributed by atoms with E-state index in [0.717, 1.165) is 26.3 Å². The molecule has 1 rings (SSSR count). The molecule has 1 aliphatic rings. The van der Waals surface area contributed by atoms with Crippen LogP contribution in [0.15, 0.2) is 0 Å². The predicted octanol–water partition coefficient (Wildman–Crippen LogP) is 0.242. The van der Waals surface area contributed by atoms with Crippen molar-refractivity contribution in [2.24, 2.45) is 0 Å². The predicted molar refractivity (Wildman–Crippen MR) is 30.4 cm³/mol. The summed E-state index contributed by atoms with van der Waals surface area (Å²) in [7, 11) is 0. The Kier molecular flexibility index (Phi) is 4.04. The van der Waals surface area contributed by atoms with E-state index in [4.69, 9.17) is 4.74 Å². The average Bonchev–Trinajstić information content (AvgIpc) is 1.72. The van der Waals surface area contributed by atoms with Crippen molar-refractivity contribution in [3.8, 4) is 0 Å². The Labute approximate surface area is 44.9 Å². The van der Waals surface area contributed by atoms with Crippen LogP contribution >= 0.6 is 0 Å². The summed E-state index contributed by atoms with van der Waals surface area (Å²) >= 11 is 0. The van der Waals surface area contributed by atoms with Crippen molar-refractivity contribution in [2.75, 3.05) is 26.3 Å². The van der Waals surface area contributed by atoms with Crippen LogP contribution in [0.5, 0.6) is 0 Å². The topological polar surface area (TPSA) is 21.3 Å². The zero-order valence-corrected chi connectivity index (χ0v) is 3.74. The number of hydrogen-bond donors (Lipinski definition) is 1. The first-order chi connectivity index (χ1) is 3.00. The summed E-state index contributed by atoms with van der Waals surface area (Å²) in [4.78, 5) is 0. The van der Waals surface area contributed by atoms with Crippen LogP contribution in [0.2, 0.25) is 0 Å². The van der Waals surface area contributed by atoms with E-state index in [2.05, 4.69) is 5.32 Å². The van der Waals surface area contributed by atoms with E-state index in [0.29, 0.717) is 0 Å². The molecular weight excluding hydrogens is 90.1 g/mol. The van der Waals surface area contributed by atoms with Crippen molar-refractivity contribution in [3.63, 3.8) is 0 Å². The van der Waals surface area contributed by atoms with Crippen molar-refractivity contribution in [1.82, 2.24) is 5.32 Å². The first-order valence-corrected chi connectivity index (χ1v) is 2.28. The van der Waals surface area contributed by atoms with Gasteiger partial charge in [0.2, 0.25) is 0 Å². The molecule has 0 saturated carbocycles. The molecule has 1 heterocycles. The largest absolute Gasteiger partial charge is 0.379 e. The third-order valence-electron chi connectivity index (χ3n) is 0.846. The van der Waals surface area contributed by atoms with E-state index in [-0.39, 0.29) is 7.43 Å². The Morgan fingerprint density at radius 3 is 1.86 bits per heavy atom. The van der Waals surface area contributed by atoms with Crippen LogP contribution < -0.4 is 5.32 Å². The molecule has 0 amide bonds. The lowest BCUT2D eigenvalue weighted by Crippen LogP contribution is -2.30. The van der Waals surface area contributed by atoms with Gasteiger partial charge in [0.1, 0.15) is 0 Å². The normalized spacial score (nSPS) is 20.6. The first-order valence-electron chi connectivity index (χ1n) is 2.28. The summed E-state index contributed by atoms with van der Waals surface area (Å²) in [5.41, 5.74) is 0. The van der Waals surface area contributed by atoms with Gasteiger partial charge in [-0.15, -0.1) is 0 Å². The first kappa shape index (κ1) is 6.92. The maximum absolute atomic E-state index is 5.01. The lowest BCUT2D eigenvalue weighted by Gasteiger charge is -2.10. The molecule has 0 aromatic heterocycles. The third kappa shape index (κ3) is 2.60. The van der Waals surface area contributed by atoms with Crippen molar-refractivity contribution in [2.45, 2.75) is 7.43 Å². The Hall–Kier alpha value is -0.0800. The zero-order chi connectivity index (χ0) is 4.24. The molecule has 1 fully saturated rings. The maximum Gasteiger partial charge on any atom is 0.0591 e. The Balaban J connectivity index is 0.000000360. The van der Waals surface area contributed by atoms with Gasteiger partial charge in [0.15, 0.2) is 0 Å². The molecule has 0 aromatic carbocycles. The number of nitrogens with one attached hydrogen (secondary N) is 1. The molecule has 2 nitrogen and oxygen atoms in total. The molecule has 7 heavy (non-hydrogen) atoms. The average molecular weight is 103 g/mol. The maximum atomic E-state index is 5.01. The summed E-state index contributed by atoms with van der Waals surface area (Å²) in [5, 5.41) is 3.16. The minimum Gasteiger partial charge on any atom is -0.379 e. The van der Waals surface area contributed by atoms with E-state index in [1.807, 2.05) is 0 Å². The standard InChI is InChI=1S/C4H9NO.CH4/c1-3-6-4-2-5-1;/h5H,1-4H2;1H4. The Morgan fingerprint density at radius 2 is 1.71 bits per heavy atom. The fourth-order valence-electron chi connectivity index (χ4n) is 0.516. The van der Waals surface area contributed by atoms with Gasteiger partial charge in [-0.3, -0.25) is 0 Å². The molecule has 1 N–H and O–H groups in total. The molecule has 2 heteroatoms. The SMILES string of the molecule is C.C1COCCN1. The molecule has 0 spiro atoms. The van der Waals surface area contributed by atoms with Crippen molar-refractivity contribution >= 4 is 0 Å². The molecule has 1 saturated heterocycles. The minimum atomic E-state index is 0. The van der Waals surface area contributed by atoms with Crippen LogP contribution in [-0.4, -0.2) is 26.3 Å². The number of hydrogen-bond acceptors (Lipinski definition) is 2. The highest BCUT2D eigenvalue weighted by molar-refractivity contribution is 4.49. The van der Waals surface area contributed by atoms with Gasteiger partial charge in [-0.25, -0.2) is 0 Å². The van der Waals surface area contributed by atoms with Crippen molar-refractivity contribution in [1.29, 1.82) is 0 Å². The fourth-order valence-corrected chi connectivity index (χ4v) is 0.516. The third-order valence-corrected chi connectivity index (χ3v) is 0.846. The summed E-state index contributed by atoms with van der Waals surface area (Å²) < 4.78 is 5.01. The second-order valence-corrected chi connectivity index (χ2v) is 1.36. The Morgan fingerprint density at radius 1 is 1.14 bits per heavy atom. The second kappa shape index (κ2) is 4.09. The number of morpholine rings is 1. The summed E-state index contributed by atoms with van der Waals surface area (Å²) in [5.74, 6) is 0. The van der Waals surface area contributed by atoms with Gasteiger partial charge >= 0.3 is 0 Å². The molecular formula is C5H13NO. The van der Waals surface area contributed by atoms with Crippen LogP contribution in [-0.2, 0) is 4.74 Å². The molecule has 1 aliphatic heterocycles. The highest BCUT2D eigenvalue weighted by Crippen LogP contribution is 1.76. The molecule has 0 atom stereocenters. The highest BCUT2D eigenvalue weighted by atomic mass is 16.5. The van der Waals surface area contributed by atoms with E-state index in [1.54, 1.807) is 0 Å². The van der Waals surface area contributed by atoms with Crippen LogP contribution in [0.3, 0.4) is 0 Å². The van der Waals surface area contributed by atoms with Gasteiger partial charge in [-0.2, -0.15) is 0 Å². The van der Waals surface area contributed by atoms with Gasteiger partial charge in [0.25, 0.3) is 0 Å². The summed E-state index contributed by atoms with van der Waals surface area (Å²) in [6.45, 7) is 3.83. The fraction of sp³-hybridized carbons (Fsp3) is 1.00. The zero-order valence-electron chi connectivity index (χ0n) is 3.74. The Bertz CT molecular complexity index is 23.6. The monoisotopic (exact) mass is 103 g/mol. The molecule has 0 aliphatic carbocycles. The van der Waals surface area contributed by atoms with Gasteiger partial charge in [0.05, 0.1) is 13.2 Å². The quantitative estimate of drug-likeness (QED) is 0.474. The minimum absolute atomic E-state index is 0. The van der Waals surface area contributed by atoms with Gasteiger partial charge in [-0.1, -0.05) is 7.43 Å². The lowest BCUT2D eigenvalue weighted by molar-refractivity contribution is 0.109. The molecule has 0 bridgehead atoms. The molecule has 0 unspecified atom stereocenters. The van der Waals surface area contributed by atoms with Gasteiger partial charge < -0.3 is 10.1 Å². The van der Waals surface area contributed by atoms with E-state index < -0.39 is 0 Å². The molecule has 44 valence electrons. The number of ether oxygens (including phenoxy) is 1. The highest BCUT2D eigenvalue weighted by Gasteiger charge is 1.92. The molecule has 0 aromatic rings. The van der Waals surface area contributed by atoms with Gasteiger partial charge in [0, 0.05) is 13.1 Å².